The predicted octanol–water partition coefficient (Wildman–Crippen LogP) is 1.35. The van der Waals surface area contributed by atoms with Gasteiger partial charge in [-0.1, -0.05) is 6.07 Å². The van der Waals surface area contributed by atoms with Gasteiger partial charge in [0, 0.05) is 0 Å². The lowest BCUT2D eigenvalue weighted by Crippen LogP contribution is -2.19. The highest BCUT2D eigenvalue weighted by Crippen LogP contribution is 2.17. The van der Waals surface area contributed by atoms with E-state index >= 15 is 0 Å². The quantitative estimate of drug-likeness (QED) is 0.664. The summed E-state index contributed by atoms with van der Waals surface area (Å²) in [5.41, 5.74) is 5.39. The lowest BCUT2D eigenvalue weighted by molar-refractivity contribution is 0.624. The smallest absolute Gasteiger partial charge is 0.168 e. The lowest BCUT2D eigenvalue weighted by Gasteiger charge is -2.05. The van der Waals surface area contributed by atoms with Crippen molar-refractivity contribution in [2.45, 2.75) is 0 Å². The minimum atomic E-state index is -0.594. The Morgan fingerprint density at radius 1 is 1.62 bits per heavy atom. The second-order valence-corrected chi connectivity index (χ2v) is 2.70. The highest BCUT2D eigenvalue weighted by molar-refractivity contribution is 7.80. The van der Waals surface area contributed by atoms with Gasteiger partial charge in [-0.05, 0) is 24.4 Å². The van der Waals surface area contributed by atoms with E-state index in [1.165, 1.54) is 18.2 Å². The standard InChI is InChI=1S/C8H6FN3S/c9-6-2-1-3-7(5(6)4-10)12-8(11)13/h1-3H,(H3,11,12,13). The second kappa shape index (κ2) is 3.83. The van der Waals surface area contributed by atoms with Crippen LogP contribution >= 0.6 is 12.2 Å². The van der Waals surface area contributed by atoms with Crippen molar-refractivity contribution in [3.63, 3.8) is 0 Å². The number of nitrogens with one attached hydrogen (secondary N) is 1. The third-order valence-corrected chi connectivity index (χ3v) is 1.49. The minimum Gasteiger partial charge on any atom is -0.376 e. The molecule has 0 aliphatic rings. The average Bonchev–Trinajstić information content (AvgIpc) is 2.03. The van der Waals surface area contributed by atoms with Gasteiger partial charge in [-0.25, -0.2) is 4.39 Å². The summed E-state index contributed by atoms with van der Waals surface area (Å²) in [6, 6.07) is 5.91. The van der Waals surface area contributed by atoms with Crippen LogP contribution in [-0.4, -0.2) is 5.11 Å². The van der Waals surface area contributed by atoms with Gasteiger partial charge < -0.3 is 11.1 Å². The number of benzene rings is 1. The van der Waals surface area contributed by atoms with Gasteiger partial charge in [0.1, 0.15) is 17.4 Å². The highest BCUT2D eigenvalue weighted by atomic mass is 32.1. The van der Waals surface area contributed by atoms with Crippen LogP contribution in [0, 0.1) is 17.1 Å². The first-order valence-corrected chi connectivity index (χ1v) is 3.81. The van der Waals surface area contributed by atoms with Crippen molar-refractivity contribution in [2.24, 2.45) is 5.73 Å². The van der Waals surface area contributed by atoms with Gasteiger partial charge in [0.2, 0.25) is 0 Å². The van der Waals surface area contributed by atoms with Gasteiger partial charge in [0.05, 0.1) is 5.69 Å². The van der Waals surface area contributed by atoms with Gasteiger partial charge in [0.25, 0.3) is 0 Å². The van der Waals surface area contributed by atoms with E-state index in [-0.39, 0.29) is 16.4 Å². The molecule has 0 fully saturated rings. The molecule has 3 nitrogen and oxygen atoms in total. The summed E-state index contributed by atoms with van der Waals surface area (Å²) in [4.78, 5) is 0. The molecule has 0 amide bonds. The average molecular weight is 195 g/mol. The molecule has 0 aliphatic heterocycles. The Bertz CT molecular complexity index is 383. The topological polar surface area (TPSA) is 61.8 Å². The van der Waals surface area contributed by atoms with Crippen LogP contribution in [0.3, 0.4) is 0 Å². The van der Waals surface area contributed by atoms with E-state index in [1.54, 1.807) is 6.07 Å². The van der Waals surface area contributed by atoms with Crippen molar-refractivity contribution in [3.8, 4) is 6.07 Å². The maximum absolute atomic E-state index is 13.0. The number of hydrogen-bond donors (Lipinski definition) is 2. The number of thiocarbonyl (C=S) groups is 1. The maximum atomic E-state index is 13.0. The Hall–Kier alpha value is -1.67. The van der Waals surface area contributed by atoms with Crippen LogP contribution in [0.25, 0.3) is 0 Å². The Kier molecular flexibility index (Phi) is 2.77. The molecule has 13 heavy (non-hydrogen) atoms. The first kappa shape index (κ1) is 9.42. The van der Waals surface area contributed by atoms with Crippen molar-refractivity contribution >= 4 is 23.0 Å². The Morgan fingerprint density at radius 3 is 2.85 bits per heavy atom. The van der Waals surface area contributed by atoms with Gasteiger partial charge in [-0.3, -0.25) is 0 Å². The monoisotopic (exact) mass is 195 g/mol. The molecular formula is C8H6FN3S. The summed E-state index contributed by atoms with van der Waals surface area (Å²) in [7, 11) is 0. The number of nitriles is 1. The van der Waals surface area contributed by atoms with E-state index < -0.39 is 5.82 Å². The van der Waals surface area contributed by atoms with Crippen LogP contribution in [0.1, 0.15) is 5.56 Å². The van der Waals surface area contributed by atoms with Crippen LogP contribution in [0.15, 0.2) is 18.2 Å². The fraction of sp³-hybridized carbons (Fsp3) is 0. The molecule has 0 aromatic heterocycles. The molecule has 0 saturated heterocycles. The highest BCUT2D eigenvalue weighted by Gasteiger charge is 2.06. The van der Waals surface area contributed by atoms with Gasteiger partial charge in [0.15, 0.2) is 5.11 Å². The van der Waals surface area contributed by atoms with Crippen molar-refractivity contribution in [3.05, 3.63) is 29.6 Å². The number of rotatable bonds is 1. The van der Waals surface area contributed by atoms with Crippen LogP contribution in [0.5, 0.6) is 0 Å². The van der Waals surface area contributed by atoms with E-state index in [0.717, 1.165) is 0 Å². The largest absolute Gasteiger partial charge is 0.376 e. The van der Waals surface area contributed by atoms with Crippen LogP contribution < -0.4 is 11.1 Å². The molecule has 0 spiro atoms. The van der Waals surface area contributed by atoms with Crippen molar-refractivity contribution in [1.82, 2.24) is 0 Å². The first-order valence-electron chi connectivity index (χ1n) is 3.40. The van der Waals surface area contributed by atoms with Crippen molar-refractivity contribution in [1.29, 1.82) is 5.26 Å². The summed E-state index contributed by atoms with van der Waals surface area (Å²) < 4.78 is 13.0. The molecule has 0 heterocycles. The number of anilines is 1. The van der Waals surface area contributed by atoms with Gasteiger partial charge in [-0.2, -0.15) is 5.26 Å². The van der Waals surface area contributed by atoms with Crippen molar-refractivity contribution < 1.29 is 4.39 Å². The summed E-state index contributed by atoms with van der Waals surface area (Å²) in [5.74, 6) is -0.594. The SMILES string of the molecule is N#Cc1c(F)cccc1NC(N)=S. The molecule has 0 unspecified atom stereocenters. The zero-order valence-electron chi connectivity index (χ0n) is 6.54. The normalized spacial score (nSPS) is 8.92. The lowest BCUT2D eigenvalue weighted by atomic mass is 10.2. The number of hydrogen-bond acceptors (Lipinski definition) is 2. The summed E-state index contributed by atoms with van der Waals surface area (Å²) in [6.45, 7) is 0. The summed E-state index contributed by atoms with van der Waals surface area (Å²) in [6.07, 6.45) is 0. The van der Waals surface area contributed by atoms with E-state index in [1.807, 2.05) is 0 Å². The Labute approximate surface area is 80.0 Å². The first-order chi connectivity index (χ1) is 6.15. The fourth-order valence-corrected chi connectivity index (χ4v) is 0.985. The van der Waals surface area contributed by atoms with E-state index in [0.29, 0.717) is 0 Å². The second-order valence-electron chi connectivity index (χ2n) is 2.26. The molecule has 1 aromatic rings. The third kappa shape index (κ3) is 2.13. The van der Waals surface area contributed by atoms with E-state index in [9.17, 15) is 4.39 Å². The van der Waals surface area contributed by atoms with E-state index in [2.05, 4.69) is 17.5 Å². The molecular weight excluding hydrogens is 189 g/mol. The minimum absolute atomic E-state index is 0.00194. The van der Waals surface area contributed by atoms with Crippen LogP contribution in [-0.2, 0) is 0 Å². The number of nitrogens with zero attached hydrogens (tertiary/aromatic N) is 1. The molecule has 66 valence electrons. The molecule has 0 aliphatic carbocycles. The zero-order valence-corrected chi connectivity index (χ0v) is 7.36. The van der Waals surface area contributed by atoms with Crippen molar-refractivity contribution in [2.75, 3.05) is 5.32 Å². The third-order valence-electron chi connectivity index (χ3n) is 1.38. The predicted molar refractivity (Wildman–Crippen MR) is 51.5 cm³/mol. The fourth-order valence-electron chi connectivity index (χ4n) is 0.875. The van der Waals surface area contributed by atoms with E-state index in [4.69, 9.17) is 11.0 Å². The molecule has 3 N–H and O–H groups in total. The molecule has 0 saturated carbocycles. The van der Waals surface area contributed by atoms with Crippen LogP contribution in [0.2, 0.25) is 0 Å². The summed E-state index contributed by atoms with van der Waals surface area (Å²) in [5, 5.41) is 11.1. The molecule has 5 heteroatoms. The zero-order chi connectivity index (χ0) is 9.84. The molecule has 0 atom stereocenters. The van der Waals surface area contributed by atoms with Gasteiger partial charge >= 0.3 is 0 Å². The maximum Gasteiger partial charge on any atom is 0.168 e. The molecule has 1 aromatic carbocycles. The number of halogens is 1. The number of nitrogens with two attached hydrogens (primary N) is 1. The molecule has 0 radical (unpaired) electrons. The van der Waals surface area contributed by atoms with Crippen LogP contribution in [0.4, 0.5) is 10.1 Å². The Morgan fingerprint density at radius 2 is 2.31 bits per heavy atom. The molecule has 0 bridgehead atoms. The molecule has 1 rings (SSSR count). The Balaban J connectivity index is 3.14. The van der Waals surface area contributed by atoms with Gasteiger partial charge in [-0.15, -0.1) is 0 Å². The summed E-state index contributed by atoms with van der Waals surface area (Å²) >= 11 is 4.56.